The molecule has 5 nitrogen and oxygen atoms in total. The van der Waals surface area contributed by atoms with Crippen LogP contribution in [0.15, 0.2) is 0 Å². The summed E-state index contributed by atoms with van der Waals surface area (Å²) < 4.78 is 26.0. The highest BCUT2D eigenvalue weighted by Gasteiger charge is 2.80. The summed E-state index contributed by atoms with van der Waals surface area (Å²) >= 11 is 0. The molecule has 0 bridgehead atoms. The first-order valence-corrected chi connectivity index (χ1v) is 12.3. The molecule has 5 heteroatoms. The minimum Gasteiger partial charge on any atom is -0.343 e. The fourth-order valence-electron chi connectivity index (χ4n) is 9.49. The van der Waals surface area contributed by atoms with Gasteiger partial charge in [0, 0.05) is 17.9 Å². The van der Waals surface area contributed by atoms with Crippen molar-refractivity contribution in [3.63, 3.8) is 0 Å². The lowest BCUT2D eigenvalue weighted by Crippen LogP contribution is -2.70. The van der Waals surface area contributed by atoms with Crippen LogP contribution in [0.4, 0.5) is 0 Å². The molecule has 6 rings (SSSR count). The average Bonchev–Trinajstić information content (AvgIpc) is 3.02. The standard InChI is InChI=1S/C24H39NO4/c1-3-22-9-7-17-20(19(25)14-16-6-4-5-8-21(16,17)2)18(22)15-23-24(22,28-12-10-26-23)29-13-11-27-23/h16-20H,3-15,25H2,1-2H3/t16?,17-,18-,19+,20+,21-,22-,23?,24?/m0/s1. The molecule has 6 aliphatic rings. The second-order valence-electron chi connectivity index (χ2n) is 11.2. The maximum atomic E-state index is 7.04. The Balaban J connectivity index is 1.45. The van der Waals surface area contributed by atoms with Gasteiger partial charge in [-0.2, -0.15) is 0 Å². The molecule has 4 saturated carbocycles. The topological polar surface area (TPSA) is 62.9 Å². The van der Waals surface area contributed by atoms with Gasteiger partial charge in [-0.05, 0) is 67.6 Å². The van der Waals surface area contributed by atoms with E-state index < -0.39 is 11.6 Å². The van der Waals surface area contributed by atoms with E-state index in [9.17, 15) is 0 Å². The van der Waals surface area contributed by atoms with Crippen LogP contribution in [0.1, 0.15) is 71.6 Å². The molecule has 0 radical (unpaired) electrons. The second-order valence-corrected chi connectivity index (χ2v) is 11.2. The lowest BCUT2D eigenvalue weighted by molar-refractivity contribution is -0.476. The maximum absolute atomic E-state index is 7.04. The molecule has 2 N–H and O–H groups in total. The summed E-state index contributed by atoms with van der Waals surface area (Å²) in [5, 5.41) is 0. The SMILES string of the molecule is CC[C@]12CC[C@H]3[C@@H]([C@H](N)CC4CCCC[C@@]43C)[C@@H]1CC13OCCOC12OCCO3. The number of ether oxygens (including phenoxy) is 4. The number of nitrogens with two attached hydrogens (primary N) is 1. The summed E-state index contributed by atoms with van der Waals surface area (Å²) in [7, 11) is 0. The first kappa shape index (κ1) is 19.5. The van der Waals surface area contributed by atoms with Crippen molar-refractivity contribution in [3.05, 3.63) is 0 Å². The molecule has 0 aromatic rings. The minimum absolute atomic E-state index is 0.0511. The maximum Gasteiger partial charge on any atom is 0.229 e. The second kappa shape index (κ2) is 6.41. The summed E-state index contributed by atoms with van der Waals surface area (Å²) in [6.07, 6.45) is 11.1. The third-order valence-electron chi connectivity index (χ3n) is 10.6. The first-order valence-electron chi connectivity index (χ1n) is 12.3. The van der Waals surface area contributed by atoms with Crippen LogP contribution >= 0.6 is 0 Å². The van der Waals surface area contributed by atoms with Crippen molar-refractivity contribution in [2.45, 2.75) is 89.3 Å². The van der Waals surface area contributed by atoms with Gasteiger partial charge in [0.05, 0.1) is 26.4 Å². The molecular formula is C24H39NO4. The van der Waals surface area contributed by atoms with E-state index in [1.165, 1.54) is 38.5 Å². The van der Waals surface area contributed by atoms with Crippen LogP contribution < -0.4 is 5.73 Å². The Morgan fingerprint density at radius 3 is 2.34 bits per heavy atom. The Morgan fingerprint density at radius 2 is 1.62 bits per heavy atom. The van der Waals surface area contributed by atoms with Crippen LogP contribution in [-0.4, -0.2) is 44.0 Å². The molecule has 1 unspecified atom stereocenters. The van der Waals surface area contributed by atoms with Crippen LogP contribution in [0.5, 0.6) is 0 Å². The number of hydrogen-bond donors (Lipinski definition) is 1. The Hall–Kier alpha value is -0.200. The average molecular weight is 406 g/mol. The Morgan fingerprint density at radius 1 is 0.897 bits per heavy atom. The van der Waals surface area contributed by atoms with Crippen molar-refractivity contribution in [1.29, 1.82) is 0 Å². The smallest absolute Gasteiger partial charge is 0.229 e. The highest BCUT2D eigenvalue weighted by molar-refractivity contribution is 5.21. The van der Waals surface area contributed by atoms with Gasteiger partial charge in [0.15, 0.2) is 0 Å². The lowest BCUT2D eigenvalue weighted by atomic mass is 9.43. The van der Waals surface area contributed by atoms with E-state index >= 15 is 0 Å². The molecule has 2 heterocycles. The van der Waals surface area contributed by atoms with Gasteiger partial charge in [0.1, 0.15) is 0 Å². The van der Waals surface area contributed by atoms with E-state index in [2.05, 4.69) is 13.8 Å². The van der Waals surface area contributed by atoms with Crippen molar-refractivity contribution in [3.8, 4) is 0 Å². The van der Waals surface area contributed by atoms with Crippen LogP contribution in [0.25, 0.3) is 0 Å². The molecule has 0 aromatic heterocycles. The molecule has 164 valence electrons. The lowest BCUT2D eigenvalue weighted by Gasteiger charge is -2.64. The summed E-state index contributed by atoms with van der Waals surface area (Å²) in [5.74, 6) is 1.03. The molecular weight excluding hydrogens is 366 g/mol. The Labute approximate surface area is 175 Å². The van der Waals surface area contributed by atoms with Crippen LogP contribution in [0.2, 0.25) is 0 Å². The van der Waals surface area contributed by atoms with Crippen LogP contribution in [0, 0.1) is 34.5 Å². The molecule has 2 aliphatic heterocycles. The molecule has 0 aromatic carbocycles. The van der Waals surface area contributed by atoms with Gasteiger partial charge in [-0.15, -0.1) is 0 Å². The number of rotatable bonds is 1. The van der Waals surface area contributed by atoms with Crippen molar-refractivity contribution in [2.24, 2.45) is 40.2 Å². The highest BCUT2D eigenvalue weighted by atomic mass is 16.8. The molecule has 7 atom stereocenters. The van der Waals surface area contributed by atoms with E-state index in [1.807, 2.05) is 0 Å². The first-order chi connectivity index (χ1) is 14.0. The summed E-state index contributed by atoms with van der Waals surface area (Å²) in [6, 6.07) is 0.280. The fourth-order valence-corrected chi connectivity index (χ4v) is 9.49. The van der Waals surface area contributed by atoms with Gasteiger partial charge >= 0.3 is 0 Å². The molecule has 2 saturated heterocycles. The van der Waals surface area contributed by atoms with Crippen LogP contribution in [0.3, 0.4) is 0 Å². The minimum atomic E-state index is -0.745. The normalized spacial score (nSPS) is 59.1. The molecule has 29 heavy (non-hydrogen) atoms. The quantitative estimate of drug-likeness (QED) is 0.718. The zero-order chi connectivity index (χ0) is 19.9. The number of hydrogen-bond acceptors (Lipinski definition) is 5. The van der Waals surface area contributed by atoms with Crippen LogP contribution in [-0.2, 0) is 18.9 Å². The van der Waals surface area contributed by atoms with Gasteiger partial charge < -0.3 is 24.7 Å². The van der Waals surface area contributed by atoms with Gasteiger partial charge in [0.25, 0.3) is 0 Å². The van der Waals surface area contributed by atoms with E-state index in [0.717, 1.165) is 31.1 Å². The Bertz CT molecular complexity index is 657. The molecule has 0 amide bonds. The van der Waals surface area contributed by atoms with Gasteiger partial charge in [-0.3, -0.25) is 0 Å². The third-order valence-corrected chi connectivity index (χ3v) is 10.6. The van der Waals surface area contributed by atoms with E-state index in [1.54, 1.807) is 0 Å². The van der Waals surface area contributed by atoms with Crippen molar-refractivity contribution in [2.75, 3.05) is 26.4 Å². The van der Waals surface area contributed by atoms with Gasteiger partial charge in [-0.25, -0.2) is 0 Å². The summed E-state index contributed by atoms with van der Waals surface area (Å²) in [5.41, 5.74) is 7.44. The zero-order valence-electron chi connectivity index (χ0n) is 18.3. The largest absolute Gasteiger partial charge is 0.343 e. The predicted molar refractivity (Wildman–Crippen MR) is 109 cm³/mol. The predicted octanol–water partition coefficient (Wildman–Crippen LogP) is 3.84. The summed E-state index contributed by atoms with van der Waals surface area (Å²) in [4.78, 5) is 0. The third kappa shape index (κ3) is 2.20. The van der Waals surface area contributed by atoms with E-state index in [-0.39, 0.29) is 11.5 Å². The van der Waals surface area contributed by atoms with E-state index in [4.69, 9.17) is 24.7 Å². The zero-order valence-corrected chi connectivity index (χ0v) is 18.3. The highest BCUT2D eigenvalue weighted by Crippen LogP contribution is 2.73. The fraction of sp³-hybridized carbons (Fsp3) is 1.00. The molecule has 0 spiro atoms. The van der Waals surface area contributed by atoms with Crippen molar-refractivity contribution >= 4 is 0 Å². The van der Waals surface area contributed by atoms with Gasteiger partial charge in [-0.1, -0.05) is 26.7 Å². The number of fused-ring (bicyclic) bond motifs is 5. The summed E-state index contributed by atoms with van der Waals surface area (Å²) in [6.45, 7) is 7.31. The van der Waals surface area contributed by atoms with E-state index in [0.29, 0.717) is 43.7 Å². The van der Waals surface area contributed by atoms with Gasteiger partial charge in [0.2, 0.25) is 11.6 Å². The molecule has 6 fully saturated rings. The monoisotopic (exact) mass is 405 g/mol. The molecule has 4 aliphatic carbocycles. The van der Waals surface area contributed by atoms with Crippen molar-refractivity contribution in [1.82, 2.24) is 0 Å². The Kier molecular flexibility index (Phi) is 4.31. The van der Waals surface area contributed by atoms with Crippen molar-refractivity contribution < 1.29 is 18.9 Å².